The summed E-state index contributed by atoms with van der Waals surface area (Å²) in [4.78, 5) is 9.23. The van der Waals surface area contributed by atoms with Crippen LogP contribution in [0.25, 0.3) is 0 Å². The standard InChI is InChI=1S/C14H25N5S/c1-14(2,12(15)16)4-3-6-18-7-9-19(10-8-18)13-17-5-11-20-13/h5,11H,3-4,6-10H2,1-2H3,(H3,15,16). The molecule has 112 valence electrons. The van der Waals surface area contributed by atoms with E-state index in [4.69, 9.17) is 11.1 Å². The first-order chi connectivity index (χ1) is 9.49. The van der Waals surface area contributed by atoms with Gasteiger partial charge in [0.15, 0.2) is 5.13 Å². The number of rotatable bonds is 6. The third-order valence-corrected chi connectivity index (χ3v) is 4.90. The molecule has 0 aliphatic carbocycles. The lowest BCUT2D eigenvalue weighted by Gasteiger charge is -2.35. The topological polar surface area (TPSA) is 69.2 Å². The maximum atomic E-state index is 7.58. The van der Waals surface area contributed by atoms with Crippen LogP contribution in [0.3, 0.4) is 0 Å². The number of hydrogen-bond acceptors (Lipinski definition) is 5. The van der Waals surface area contributed by atoms with E-state index in [0.717, 1.165) is 50.7 Å². The third kappa shape index (κ3) is 3.93. The Hall–Kier alpha value is -1.14. The van der Waals surface area contributed by atoms with Gasteiger partial charge in [0.05, 0.1) is 5.84 Å². The van der Waals surface area contributed by atoms with Crippen LogP contribution in [-0.2, 0) is 0 Å². The first-order valence-corrected chi connectivity index (χ1v) is 8.08. The summed E-state index contributed by atoms with van der Waals surface area (Å²) in [5.41, 5.74) is 5.46. The van der Waals surface area contributed by atoms with Crippen molar-refractivity contribution in [3.8, 4) is 0 Å². The summed E-state index contributed by atoms with van der Waals surface area (Å²) in [6.45, 7) is 9.52. The van der Waals surface area contributed by atoms with Crippen molar-refractivity contribution in [3.05, 3.63) is 11.6 Å². The van der Waals surface area contributed by atoms with E-state index in [1.165, 1.54) is 0 Å². The van der Waals surface area contributed by atoms with Gasteiger partial charge in [-0.3, -0.25) is 10.3 Å². The Bertz CT molecular complexity index is 421. The van der Waals surface area contributed by atoms with Gasteiger partial charge >= 0.3 is 0 Å². The van der Waals surface area contributed by atoms with Gasteiger partial charge in [0.2, 0.25) is 0 Å². The SMILES string of the molecule is CC(C)(CCCN1CCN(c2nccs2)CC1)C(=N)N. The minimum atomic E-state index is -0.164. The molecule has 1 aliphatic heterocycles. The van der Waals surface area contributed by atoms with E-state index in [-0.39, 0.29) is 5.41 Å². The van der Waals surface area contributed by atoms with Crippen LogP contribution in [-0.4, -0.2) is 48.4 Å². The fourth-order valence-electron chi connectivity index (χ4n) is 2.41. The molecule has 0 spiro atoms. The fourth-order valence-corrected chi connectivity index (χ4v) is 3.11. The highest BCUT2D eigenvalue weighted by molar-refractivity contribution is 7.13. The number of nitrogens with zero attached hydrogens (tertiary/aromatic N) is 3. The summed E-state index contributed by atoms with van der Waals surface area (Å²) in [7, 11) is 0. The third-order valence-electron chi connectivity index (χ3n) is 4.07. The highest BCUT2D eigenvalue weighted by atomic mass is 32.1. The molecule has 0 unspecified atom stereocenters. The van der Waals surface area contributed by atoms with Gasteiger partial charge in [-0.25, -0.2) is 4.98 Å². The molecule has 0 aromatic carbocycles. The highest BCUT2D eigenvalue weighted by Gasteiger charge is 2.22. The van der Waals surface area contributed by atoms with Gasteiger partial charge in [-0.1, -0.05) is 13.8 Å². The molecule has 1 aliphatic rings. The van der Waals surface area contributed by atoms with E-state index in [9.17, 15) is 0 Å². The number of hydrogen-bond donors (Lipinski definition) is 2. The number of thiazole rings is 1. The summed E-state index contributed by atoms with van der Waals surface area (Å²) in [5, 5.41) is 10.8. The molecule has 0 amide bonds. The van der Waals surface area contributed by atoms with Crippen molar-refractivity contribution in [3.63, 3.8) is 0 Å². The van der Waals surface area contributed by atoms with Crippen molar-refractivity contribution >= 4 is 22.3 Å². The van der Waals surface area contributed by atoms with Gasteiger partial charge < -0.3 is 10.6 Å². The maximum Gasteiger partial charge on any atom is 0.185 e. The van der Waals surface area contributed by atoms with Crippen LogP contribution in [0.5, 0.6) is 0 Å². The van der Waals surface area contributed by atoms with Crippen molar-refractivity contribution in [1.82, 2.24) is 9.88 Å². The van der Waals surface area contributed by atoms with Crippen molar-refractivity contribution in [1.29, 1.82) is 5.41 Å². The zero-order valence-corrected chi connectivity index (χ0v) is 13.2. The van der Waals surface area contributed by atoms with Crippen LogP contribution in [0.1, 0.15) is 26.7 Å². The Morgan fingerprint density at radius 1 is 1.40 bits per heavy atom. The summed E-state index contributed by atoms with van der Waals surface area (Å²) in [6.07, 6.45) is 3.95. The lowest BCUT2D eigenvalue weighted by Crippen LogP contribution is -2.46. The highest BCUT2D eigenvalue weighted by Crippen LogP contribution is 2.23. The number of aromatic nitrogens is 1. The van der Waals surface area contributed by atoms with Gasteiger partial charge in [-0.15, -0.1) is 11.3 Å². The van der Waals surface area contributed by atoms with E-state index in [2.05, 4.69) is 28.6 Å². The predicted molar refractivity (Wildman–Crippen MR) is 85.7 cm³/mol. The molecular formula is C14H25N5S. The normalized spacial score (nSPS) is 17.4. The molecule has 1 saturated heterocycles. The Balaban J connectivity index is 1.69. The van der Waals surface area contributed by atoms with Crippen LogP contribution >= 0.6 is 11.3 Å². The first-order valence-electron chi connectivity index (χ1n) is 7.20. The van der Waals surface area contributed by atoms with Gasteiger partial charge in [-0.2, -0.15) is 0 Å². The van der Waals surface area contributed by atoms with E-state index in [1.807, 2.05) is 11.6 Å². The zero-order valence-electron chi connectivity index (χ0n) is 12.4. The monoisotopic (exact) mass is 295 g/mol. The number of amidine groups is 1. The van der Waals surface area contributed by atoms with Crippen LogP contribution in [0.4, 0.5) is 5.13 Å². The molecule has 0 atom stereocenters. The molecule has 0 radical (unpaired) electrons. The second-order valence-corrected chi connectivity index (χ2v) is 6.92. The van der Waals surface area contributed by atoms with E-state index in [1.54, 1.807) is 11.3 Å². The Labute approximate surface area is 125 Å². The minimum Gasteiger partial charge on any atom is -0.387 e. The van der Waals surface area contributed by atoms with Crippen LogP contribution in [0.15, 0.2) is 11.6 Å². The van der Waals surface area contributed by atoms with Crippen LogP contribution in [0.2, 0.25) is 0 Å². The van der Waals surface area contributed by atoms with Crippen molar-refractivity contribution in [2.75, 3.05) is 37.6 Å². The quantitative estimate of drug-likeness (QED) is 0.622. The molecule has 0 bridgehead atoms. The van der Waals surface area contributed by atoms with Gasteiger partial charge in [0, 0.05) is 43.2 Å². The first kappa shape index (κ1) is 15.3. The lowest BCUT2D eigenvalue weighted by atomic mass is 9.86. The van der Waals surface area contributed by atoms with Crippen molar-refractivity contribution in [2.24, 2.45) is 11.1 Å². The Morgan fingerprint density at radius 3 is 2.65 bits per heavy atom. The lowest BCUT2D eigenvalue weighted by molar-refractivity contribution is 0.244. The Kier molecular flexibility index (Phi) is 4.99. The molecular weight excluding hydrogens is 270 g/mol. The van der Waals surface area contributed by atoms with Crippen LogP contribution < -0.4 is 10.6 Å². The summed E-state index contributed by atoms with van der Waals surface area (Å²) in [5.74, 6) is 0.297. The molecule has 2 heterocycles. The van der Waals surface area contributed by atoms with E-state index >= 15 is 0 Å². The average Bonchev–Trinajstić information content (AvgIpc) is 2.93. The molecule has 5 nitrogen and oxygen atoms in total. The number of piperazine rings is 1. The summed E-state index contributed by atoms with van der Waals surface area (Å²) in [6, 6.07) is 0. The smallest absolute Gasteiger partial charge is 0.185 e. The second-order valence-electron chi connectivity index (χ2n) is 6.04. The van der Waals surface area contributed by atoms with E-state index < -0.39 is 0 Å². The predicted octanol–water partition coefficient (Wildman–Crippen LogP) is 2.01. The Morgan fingerprint density at radius 2 is 2.10 bits per heavy atom. The number of nitrogens with two attached hydrogens (primary N) is 1. The van der Waals surface area contributed by atoms with Crippen molar-refractivity contribution < 1.29 is 0 Å². The fraction of sp³-hybridized carbons (Fsp3) is 0.714. The summed E-state index contributed by atoms with van der Waals surface area (Å²) < 4.78 is 0. The molecule has 3 N–H and O–H groups in total. The van der Waals surface area contributed by atoms with Gasteiger partial charge in [-0.05, 0) is 19.4 Å². The molecule has 6 heteroatoms. The molecule has 2 rings (SSSR count). The maximum absolute atomic E-state index is 7.58. The average molecular weight is 295 g/mol. The zero-order chi connectivity index (χ0) is 14.6. The largest absolute Gasteiger partial charge is 0.387 e. The van der Waals surface area contributed by atoms with Gasteiger partial charge in [0.25, 0.3) is 0 Å². The van der Waals surface area contributed by atoms with Crippen molar-refractivity contribution in [2.45, 2.75) is 26.7 Å². The number of anilines is 1. The molecule has 20 heavy (non-hydrogen) atoms. The molecule has 1 aromatic heterocycles. The molecule has 1 aromatic rings. The molecule has 0 saturated carbocycles. The molecule has 1 fully saturated rings. The minimum absolute atomic E-state index is 0.164. The van der Waals surface area contributed by atoms with E-state index in [0.29, 0.717) is 5.84 Å². The summed E-state index contributed by atoms with van der Waals surface area (Å²) >= 11 is 1.71. The van der Waals surface area contributed by atoms with Crippen LogP contribution in [0, 0.1) is 10.8 Å². The second kappa shape index (κ2) is 6.54. The van der Waals surface area contributed by atoms with Gasteiger partial charge in [0.1, 0.15) is 0 Å². The number of nitrogens with one attached hydrogen (secondary N) is 1.